The molecule has 0 unspecified atom stereocenters. The molecule has 140 valence electrons. The van der Waals surface area contributed by atoms with Crippen molar-refractivity contribution in [1.82, 2.24) is 4.90 Å². The van der Waals surface area contributed by atoms with E-state index in [-0.39, 0.29) is 35.0 Å². The van der Waals surface area contributed by atoms with Gasteiger partial charge in [0.05, 0.1) is 13.0 Å². The highest BCUT2D eigenvalue weighted by Crippen LogP contribution is 2.18. The summed E-state index contributed by atoms with van der Waals surface area (Å²) in [7, 11) is 0. The normalized spacial score (nSPS) is 13.7. The Hall–Kier alpha value is -1.46. The molecule has 0 bridgehead atoms. The number of nitrogens with zero attached hydrogens (tertiary/aromatic N) is 1. The third-order valence-electron chi connectivity index (χ3n) is 3.70. The fourth-order valence-electron chi connectivity index (χ4n) is 2.30. The molecule has 0 aromatic carbocycles. The summed E-state index contributed by atoms with van der Waals surface area (Å²) in [6.07, 6.45) is 7.01. The third-order valence-corrected chi connectivity index (χ3v) is 4.00. The zero-order valence-electron chi connectivity index (χ0n) is 14.7. The van der Waals surface area contributed by atoms with Gasteiger partial charge in [0.15, 0.2) is 5.76 Å². The second kappa shape index (κ2) is 12.0. The number of amides is 1. The van der Waals surface area contributed by atoms with Gasteiger partial charge in [-0.15, -0.1) is 0 Å². The zero-order valence-corrected chi connectivity index (χ0v) is 16.2. The number of allylic oxidation sites excluding steroid dienone is 4. The Morgan fingerprint density at radius 1 is 1.20 bits per heavy atom. The van der Waals surface area contributed by atoms with Crippen LogP contribution < -0.4 is 0 Å². The molecule has 7 heteroatoms. The molecule has 0 saturated heterocycles. The first-order valence-electron chi connectivity index (χ1n) is 8.46. The van der Waals surface area contributed by atoms with Gasteiger partial charge in [0.2, 0.25) is 11.7 Å². The predicted octanol–water partition coefficient (Wildman–Crippen LogP) is 4.12. The number of carbonyl (C=O) groups excluding carboxylic acids is 2. The van der Waals surface area contributed by atoms with Gasteiger partial charge in [-0.05, 0) is 44.9 Å². The molecule has 0 aliphatic heterocycles. The van der Waals surface area contributed by atoms with Gasteiger partial charge in [-0.25, -0.2) is 0 Å². The molecule has 0 spiro atoms. The molecule has 1 amide bonds. The lowest BCUT2D eigenvalue weighted by molar-refractivity contribution is -0.130. The first-order chi connectivity index (χ1) is 12.0. The van der Waals surface area contributed by atoms with Crippen molar-refractivity contribution in [2.75, 3.05) is 26.3 Å². The minimum absolute atomic E-state index is 0.0999. The van der Waals surface area contributed by atoms with E-state index >= 15 is 0 Å². The maximum atomic E-state index is 11.9. The molecule has 1 rings (SSSR count). The first-order valence-corrected chi connectivity index (χ1v) is 9.22. The van der Waals surface area contributed by atoms with Crippen molar-refractivity contribution in [2.45, 2.75) is 39.5 Å². The van der Waals surface area contributed by atoms with Crippen LogP contribution in [0.25, 0.3) is 0 Å². The fraction of sp³-hybridized carbons (Fsp3) is 0.556. The molecule has 1 aliphatic rings. The van der Waals surface area contributed by atoms with Gasteiger partial charge in [0, 0.05) is 19.5 Å². The number of rotatable bonds is 11. The average Bonchev–Trinajstić information content (AvgIpc) is 2.57. The Balaban J connectivity index is 2.28. The Labute approximate surface area is 159 Å². The van der Waals surface area contributed by atoms with Crippen LogP contribution in [0.3, 0.4) is 0 Å². The van der Waals surface area contributed by atoms with E-state index in [9.17, 15) is 9.59 Å². The van der Waals surface area contributed by atoms with E-state index in [1.807, 2.05) is 18.7 Å². The van der Waals surface area contributed by atoms with Crippen molar-refractivity contribution in [3.8, 4) is 0 Å². The number of hydrogen-bond acceptors (Lipinski definition) is 4. The number of hydrogen-bond donors (Lipinski definition) is 0. The molecule has 0 saturated carbocycles. The summed E-state index contributed by atoms with van der Waals surface area (Å²) < 4.78 is 11.0. The largest absolute Gasteiger partial charge is 0.497 e. The van der Waals surface area contributed by atoms with E-state index in [4.69, 9.17) is 32.7 Å². The molecule has 0 heterocycles. The zero-order chi connectivity index (χ0) is 18.7. The highest BCUT2D eigenvalue weighted by atomic mass is 35.5. The Kier molecular flexibility index (Phi) is 10.3. The summed E-state index contributed by atoms with van der Waals surface area (Å²) >= 11 is 11.0. The van der Waals surface area contributed by atoms with Crippen LogP contribution >= 0.6 is 23.2 Å². The van der Waals surface area contributed by atoms with Crippen LogP contribution in [0, 0.1) is 0 Å². The van der Waals surface area contributed by atoms with Gasteiger partial charge in [-0.3, -0.25) is 9.59 Å². The van der Waals surface area contributed by atoms with Crippen LogP contribution in [-0.4, -0.2) is 42.9 Å². The van der Waals surface area contributed by atoms with Crippen molar-refractivity contribution in [3.05, 3.63) is 34.2 Å². The Morgan fingerprint density at radius 3 is 2.52 bits per heavy atom. The van der Waals surface area contributed by atoms with Crippen molar-refractivity contribution < 1.29 is 19.1 Å². The minimum atomic E-state index is -0.145. The summed E-state index contributed by atoms with van der Waals surface area (Å²) in [5.74, 6) is 0.905. The van der Waals surface area contributed by atoms with E-state index in [1.165, 1.54) is 6.08 Å². The second-order valence-corrected chi connectivity index (χ2v) is 6.45. The van der Waals surface area contributed by atoms with Gasteiger partial charge < -0.3 is 14.4 Å². The smallest absolute Gasteiger partial charge is 0.222 e. The molecule has 0 atom stereocenters. The Morgan fingerprint density at radius 2 is 1.92 bits per heavy atom. The fourth-order valence-corrected chi connectivity index (χ4v) is 2.43. The molecule has 0 radical (unpaired) electrons. The van der Waals surface area contributed by atoms with Crippen LogP contribution in [0.1, 0.15) is 39.5 Å². The lowest BCUT2D eigenvalue weighted by Crippen LogP contribution is -2.30. The molecule has 0 aromatic heterocycles. The molecule has 0 N–H and O–H groups in total. The van der Waals surface area contributed by atoms with E-state index in [0.717, 1.165) is 25.9 Å². The van der Waals surface area contributed by atoms with Crippen molar-refractivity contribution >= 4 is 34.9 Å². The standard InChI is InChI=1S/C18H25Cl2NO4/c1-3-21(4-2)18(23)7-5-6-11-24-14-8-9-16(15(22)13-14)25-12-10-17(19)20/h8-10H,3-7,11-13H2,1-2H3. The maximum Gasteiger partial charge on any atom is 0.222 e. The minimum Gasteiger partial charge on any atom is -0.497 e. The molecule has 0 aromatic rings. The van der Waals surface area contributed by atoms with Gasteiger partial charge >= 0.3 is 0 Å². The van der Waals surface area contributed by atoms with Crippen LogP contribution in [-0.2, 0) is 19.1 Å². The molecular weight excluding hydrogens is 365 g/mol. The van der Waals surface area contributed by atoms with Crippen LogP contribution in [0.4, 0.5) is 0 Å². The maximum absolute atomic E-state index is 11.9. The summed E-state index contributed by atoms with van der Waals surface area (Å²) in [6, 6.07) is 0. The molecule has 0 fully saturated rings. The summed E-state index contributed by atoms with van der Waals surface area (Å²) in [4.78, 5) is 25.6. The monoisotopic (exact) mass is 389 g/mol. The second-order valence-electron chi connectivity index (χ2n) is 5.44. The SMILES string of the molecule is CCN(CC)C(=O)CCCCOC1=CC=C(OCC=C(Cl)Cl)C(=O)C1. The van der Waals surface area contributed by atoms with Gasteiger partial charge in [0.25, 0.3) is 0 Å². The van der Waals surface area contributed by atoms with Crippen molar-refractivity contribution in [2.24, 2.45) is 0 Å². The molecule has 25 heavy (non-hydrogen) atoms. The van der Waals surface area contributed by atoms with Gasteiger partial charge in [-0.1, -0.05) is 23.2 Å². The summed E-state index contributed by atoms with van der Waals surface area (Å²) in [5.41, 5.74) is 0. The number of halogens is 2. The van der Waals surface area contributed by atoms with Crippen LogP contribution in [0.5, 0.6) is 0 Å². The van der Waals surface area contributed by atoms with Crippen molar-refractivity contribution in [3.63, 3.8) is 0 Å². The highest BCUT2D eigenvalue weighted by Gasteiger charge is 2.18. The third kappa shape index (κ3) is 8.45. The van der Waals surface area contributed by atoms with Gasteiger partial charge in [0.1, 0.15) is 16.9 Å². The number of ketones is 1. The first kappa shape index (κ1) is 21.6. The molecule has 5 nitrogen and oxygen atoms in total. The predicted molar refractivity (Wildman–Crippen MR) is 99.3 cm³/mol. The van der Waals surface area contributed by atoms with Crippen LogP contribution in [0.2, 0.25) is 0 Å². The highest BCUT2D eigenvalue weighted by molar-refractivity contribution is 6.55. The molecule has 1 aliphatic carbocycles. The topological polar surface area (TPSA) is 55.8 Å². The van der Waals surface area contributed by atoms with E-state index in [2.05, 4.69) is 0 Å². The number of Topliss-reactive ketones (excluding diaryl/α,β-unsaturated/α-hetero) is 1. The lowest BCUT2D eigenvalue weighted by Gasteiger charge is -2.18. The van der Waals surface area contributed by atoms with E-state index < -0.39 is 0 Å². The quantitative estimate of drug-likeness (QED) is 0.498. The average molecular weight is 390 g/mol. The number of carbonyl (C=O) groups is 2. The Bertz CT molecular complexity index is 547. The van der Waals surface area contributed by atoms with Gasteiger partial charge in [-0.2, -0.15) is 0 Å². The van der Waals surface area contributed by atoms with E-state index in [1.54, 1.807) is 12.2 Å². The number of ether oxygens (including phenoxy) is 2. The number of unbranched alkanes of at least 4 members (excludes halogenated alkanes) is 1. The van der Waals surface area contributed by atoms with Crippen LogP contribution in [0.15, 0.2) is 34.2 Å². The lowest BCUT2D eigenvalue weighted by atomic mass is 10.1. The van der Waals surface area contributed by atoms with E-state index in [0.29, 0.717) is 18.8 Å². The molecular formula is C18H25Cl2NO4. The summed E-state index contributed by atoms with van der Waals surface area (Å²) in [6.45, 7) is 6.06. The van der Waals surface area contributed by atoms with Crippen molar-refractivity contribution in [1.29, 1.82) is 0 Å². The summed E-state index contributed by atoms with van der Waals surface area (Å²) in [5, 5.41) is 0.